The molecule has 1 fully saturated rings. The molecule has 2 aliphatic heterocycles. The fourth-order valence-corrected chi connectivity index (χ4v) is 4.49. The Kier molecular flexibility index (Phi) is 4.46. The molecule has 3 heteroatoms. The molecule has 2 nitrogen and oxygen atoms in total. The molecule has 0 amide bonds. The topological polar surface area (TPSA) is 15.3 Å². The van der Waals surface area contributed by atoms with E-state index >= 15 is 0 Å². The highest BCUT2D eigenvalue weighted by Crippen LogP contribution is 2.39. The number of nitrogens with zero attached hydrogens (tertiary/aromatic N) is 1. The Morgan fingerprint density at radius 2 is 2.21 bits per heavy atom. The Morgan fingerprint density at radius 1 is 1.32 bits per heavy atom. The van der Waals surface area contributed by atoms with E-state index in [1.807, 2.05) is 11.8 Å². The number of benzene rings is 1. The van der Waals surface area contributed by atoms with Gasteiger partial charge in [-0.15, -0.1) is 11.8 Å². The number of nitrogens with one attached hydrogen (secondary N) is 1. The first-order chi connectivity index (χ1) is 9.36. The summed E-state index contributed by atoms with van der Waals surface area (Å²) in [5, 5.41) is 3.62. The molecule has 1 aromatic carbocycles. The molecule has 0 spiro atoms. The van der Waals surface area contributed by atoms with Crippen molar-refractivity contribution in [1.82, 2.24) is 10.2 Å². The Bertz CT molecular complexity index is 415. The SMILES string of the molecule is CCN(CC1CCCN1)CC1CSc2ccccc21. The molecule has 0 aromatic heterocycles. The fraction of sp³-hybridized carbons (Fsp3) is 0.625. The highest BCUT2D eigenvalue weighted by atomic mass is 32.2. The summed E-state index contributed by atoms with van der Waals surface area (Å²) in [6.07, 6.45) is 2.71. The monoisotopic (exact) mass is 276 g/mol. The van der Waals surface area contributed by atoms with E-state index in [4.69, 9.17) is 0 Å². The van der Waals surface area contributed by atoms with Gasteiger partial charge in [0.2, 0.25) is 0 Å². The standard InChI is InChI=1S/C16H24N2S/c1-2-18(11-14-6-5-9-17-14)10-13-12-19-16-8-4-3-7-15(13)16/h3-4,7-8,13-14,17H,2,5-6,9-12H2,1H3. The first-order valence-corrected chi connectivity index (χ1v) is 8.53. The minimum Gasteiger partial charge on any atom is -0.313 e. The summed E-state index contributed by atoms with van der Waals surface area (Å²) in [4.78, 5) is 4.14. The largest absolute Gasteiger partial charge is 0.313 e. The van der Waals surface area contributed by atoms with E-state index in [1.54, 1.807) is 5.56 Å². The van der Waals surface area contributed by atoms with Crippen molar-refractivity contribution >= 4 is 11.8 Å². The molecule has 0 saturated carbocycles. The van der Waals surface area contributed by atoms with Gasteiger partial charge in [-0.3, -0.25) is 0 Å². The Balaban J connectivity index is 1.60. The van der Waals surface area contributed by atoms with Crippen molar-refractivity contribution in [3.8, 4) is 0 Å². The normalized spacial score (nSPS) is 26.0. The molecule has 0 radical (unpaired) electrons. The number of thioether (sulfide) groups is 1. The van der Waals surface area contributed by atoms with Gasteiger partial charge in [-0.25, -0.2) is 0 Å². The van der Waals surface area contributed by atoms with Gasteiger partial charge in [-0.05, 0) is 37.6 Å². The van der Waals surface area contributed by atoms with Crippen LogP contribution in [0.2, 0.25) is 0 Å². The smallest absolute Gasteiger partial charge is 0.0195 e. The van der Waals surface area contributed by atoms with Crippen LogP contribution in [0.3, 0.4) is 0 Å². The third-order valence-electron chi connectivity index (χ3n) is 4.37. The van der Waals surface area contributed by atoms with Crippen LogP contribution in [0.1, 0.15) is 31.2 Å². The summed E-state index contributed by atoms with van der Waals surface area (Å²) in [7, 11) is 0. The summed E-state index contributed by atoms with van der Waals surface area (Å²) < 4.78 is 0. The van der Waals surface area contributed by atoms with E-state index < -0.39 is 0 Å². The summed E-state index contributed by atoms with van der Waals surface area (Å²) in [6, 6.07) is 9.67. The van der Waals surface area contributed by atoms with E-state index in [0.29, 0.717) is 0 Å². The average Bonchev–Trinajstić information content (AvgIpc) is 3.08. The number of hydrogen-bond acceptors (Lipinski definition) is 3. The number of fused-ring (bicyclic) bond motifs is 1. The van der Waals surface area contributed by atoms with E-state index in [2.05, 4.69) is 41.4 Å². The zero-order valence-electron chi connectivity index (χ0n) is 11.8. The summed E-state index contributed by atoms with van der Waals surface area (Å²) >= 11 is 2.03. The van der Waals surface area contributed by atoms with Crippen molar-refractivity contribution in [3.05, 3.63) is 29.8 Å². The molecule has 104 valence electrons. The van der Waals surface area contributed by atoms with Gasteiger partial charge in [0.1, 0.15) is 0 Å². The van der Waals surface area contributed by atoms with Crippen LogP contribution in [0.15, 0.2) is 29.2 Å². The van der Waals surface area contributed by atoms with Crippen molar-refractivity contribution < 1.29 is 0 Å². The van der Waals surface area contributed by atoms with Gasteiger partial charge >= 0.3 is 0 Å². The zero-order valence-corrected chi connectivity index (χ0v) is 12.6. The van der Waals surface area contributed by atoms with Crippen molar-refractivity contribution in [3.63, 3.8) is 0 Å². The second-order valence-corrected chi connectivity index (χ2v) is 6.75. The quantitative estimate of drug-likeness (QED) is 0.890. The lowest BCUT2D eigenvalue weighted by atomic mass is 10.0. The molecule has 0 aliphatic carbocycles. The van der Waals surface area contributed by atoms with Gasteiger partial charge in [0, 0.05) is 35.7 Å². The third-order valence-corrected chi connectivity index (χ3v) is 5.62. The lowest BCUT2D eigenvalue weighted by Gasteiger charge is -2.27. The van der Waals surface area contributed by atoms with E-state index in [0.717, 1.165) is 12.0 Å². The van der Waals surface area contributed by atoms with Crippen molar-refractivity contribution in [2.24, 2.45) is 0 Å². The van der Waals surface area contributed by atoms with Crippen molar-refractivity contribution in [2.75, 3.05) is 31.9 Å². The molecule has 3 rings (SSSR count). The van der Waals surface area contributed by atoms with Gasteiger partial charge < -0.3 is 10.2 Å². The van der Waals surface area contributed by atoms with Crippen LogP contribution in [0, 0.1) is 0 Å². The number of hydrogen-bond donors (Lipinski definition) is 1. The van der Waals surface area contributed by atoms with Crippen LogP contribution in [0.5, 0.6) is 0 Å². The summed E-state index contributed by atoms with van der Waals surface area (Å²) in [6.45, 7) is 7.12. The number of likely N-dealkylation sites (N-methyl/N-ethyl adjacent to an activating group) is 1. The van der Waals surface area contributed by atoms with Gasteiger partial charge in [0.15, 0.2) is 0 Å². The molecular weight excluding hydrogens is 252 g/mol. The zero-order chi connectivity index (χ0) is 13.1. The Labute approximate surface area is 121 Å². The van der Waals surface area contributed by atoms with Crippen LogP contribution >= 0.6 is 11.8 Å². The molecule has 2 aliphatic rings. The molecule has 2 atom stereocenters. The molecule has 1 N–H and O–H groups in total. The summed E-state index contributed by atoms with van der Waals surface area (Å²) in [5.74, 6) is 1.98. The Hall–Kier alpha value is -0.510. The molecule has 1 saturated heterocycles. The maximum absolute atomic E-state index is 3.62. The van der Waals surface area contributed by atoms with E-state index in [9.17, 15) is 0 Å². The minimum atomic E-state index is 0.725. The molecule has 1 aromatic rings. The molecule has 2 heterocycles. The first kappa shape index (κ1) is 13.5. The number of rotatable bonds is 5. The molecule has 19 heavy (non-hydrogen) atoms. The fourth-order valence-electron chi connectivity index (χ4n) is 3.25. The maximum atomic E-state index is 3.62. The molecular formula is C16H24N2S. The average molecular weight is 276 g/mol. The second-order valence-electron chi connectivity index (χ2n) is 5.69. The lowest BCUT2D eigenvalue weighted by Crippen LogP contribution is -2.39. The van der Waals surface area contributed by atoms with Crippen LogP contribution < -0.4 is 5.32 Å². The minimum absolute atomic E-state index is 0.725. The van der Waals surface area contributed by atoms with Crippen molar-refractivity contribution in [1.29, 1.82) is 0 Å². The van der Waals surface area contributed by atoms with Crippen LogP contribution in [0.4, 0.5) is 0 Å². The van der Waals surface area contributed by atoms with E-state index in [-0.39, 0.29) is 0 Å². The predicted octanol–water partition coefficient (Wildman–Crippen LogP) is 2.95. The lowest BCUT2D eigenvalue weighted by molar-refractivity contribution is 0.251. The van der Waals surface area contributed by atoms with Crippen LogP contribution in [0.25, 0.3) is 0 Å². The van der Waals surface area contributed by atoms with Gasteiger partial charge in [-0.2, -0.15) is 0 Å². The predicted molar refractivity (Wildman–Crippen MR) is 83.0 cm³/mol. The second kappa shape index (κ2) is 6.29. The van der Waals surface area contributed by atoms with E-state index in [1.165, 1.54) is 49.7 Å². The van der Waals surface area contributed by atoms with Gasteiger partial charge in [0.05, 0.1) is 0 Å². The molecule has 2 unspecified atom stereocenters. The van der Waals surface area contributed by atoms with Gasteiger partial charge in [0.25, 0.3) is 0 Å². The Morgan fingerprint density at radius 3 is 3.00 bits per heavy atom. The first-order valence-electron chi connectivity index (χ1n) is 7.54. The highest BCUT2D eigenvalue weighted by molar-refractivity contribution is 7.99. The van der Waals surface area contributed by atoms with Gasteiger partial charge in [-0.1, -0.05) is 25.1 Å². The summed E-state index contributed by atoms with van der Waals surface area (Å²) in [5.41, 5.74) is 1.57. The molecule has 0 bridgehead atoms. The maximum Gasteiger partial charge on any atom is 0.0195 e. The van der Waals surface area contributed by atoms with Crippen LogP contribution in [-0.4, -0.2) is 42.9 Å². The third kappa shape index (κ3) is 3.15. The van der Waals surface area contributed by atoms with Crippen LogP contribution in [-0.2, 0) is 0 Å². The van der Waals surface area contributed by atoms with Crippen molar-refractivity contribution in [2.45, 2.75) is 36.6 Å². The highest BCUT2D eigenvalue weighted by Gasteiger charge is 2.25.